The van der Waals surface area contributed by atoms with Crippen LogP contribution in [0, 0.1) is 0 Å². The Morgan fingerprint density at radius 1 is 1.58 bits per heavy atom. The van der Waals surface area contributed by atoms with Gasteiger partial charge in [-0.2, -0.15) is 13.2 Å². The highest BCUT2D eigenvalue weighted by Gasteiger charge is 2.55. The van der Waals surface area contributed by atoms with Gasteiger partial charge in [-0.3, -0.25) is 11.1 Å². The molecule has 72 valence electrons. The van der Waals surface area contributed by atoms with Gasteiger partial charge in [0.05, 0.1) is 11.4 Å². The van der Waals surface area contributed by atoms with Crippen molar-refractivity contribution in [3.8, 4) is 0 Å². The molecule has 0 aromatic heterocycles. The largest absolute Gasteiger partial charge is 0.446 e. The summed E-state index contributed by atoms with van der Waals surface area (Å²) in [5.41, 5.74) is 4.92. The lowest BCUT2D eigenvalue weighted by Gasteiger charge is -2.37. The van der Waals surface area contributed by atoms with Crippen LogP contribution in [0.4, 0.5) is 13.2 Å². The molecule has 0 bridgehead atoms. The average molecular weight is 249 g/mol. The van der Waals surface area contributed by atoms with Crippen molar-refractivity contribution in [1.82, 2.24) is 5.32 Å². The van der Waals surface area contributed by atoms with E-state index in [0.29, 0.717) is 0 Å². The highest BCUT2D eigenvalue weighted by Crippen LogP contribution is 2.29. The van der Waals surface area contributed by atoms with E-state index in [-0.39, 0.29) is 18.0 Å². The quantitative estimate of drug-likeness (QED) is 0.616. The van der Waals surface area contributed by atoms with E-state index in [0.717, 1.165) is 0 Å². The van der Waals surface area contributed by atoms with Gasteiger partial charge in [-0.05, 0) is 0 Å². The predicted molar refractivity (Wildman–Crippen MR) is 39.6 cm³/mol. The molecule has 1 fully saturated rings. The van der Waals surface area contributed by atoms with Gasteiger partial charge in [-0.25, -0.2) is 0 Å². The number of ether oxygens (including phenoxy) is 1. The lowest BCUT2D eigenvalue weighted by molar-refractivity contribution is -0.296. The summed E-state index contributed by atoms with van der Waals surface area (Å²) in [4.78, 5) is -0.128. The van der Waals surface area contributed by atoms with Crippen molar-refractivity contribution in [2.24, 2.45) is 5.73 Å². The summed E-state index contributed by atoms with van der Waals surface area (Å²) >= 11 is 3.10. The fourth-order valence-electron chi connectivity index (χ4n) is 0.776. The first kappa shape index (κ1) is 10.2. The van der Waals surface area contributed by atoms with Crippen LogP contribution in [0.1, 0.15) is 0 Å². The lowest BCUT2D eigenvalue weighted by atomic mass is 10.3. The third-order valence-corrected chi connectivity index (χ3v) is 2.09. The van der Waals surface area contributed by atoms with E-state index in [2.05, 4.69) is 26.0 Å². The van der Waals surface area contributed by atoms with Crippen LogP contribution in [-0.2, 0) is 4.74 Å². The summed E-state index contributed by atoms with van der Waals surface area (Å²) in [5, 5.41) is 2.07. The summed E-state index contributed by atoms with van der Waals surface area (Å²) in [7, 11) is 0. The first-order valence-corrected chi connectivity index (χ1v) is 4.15. The molecule has 1 heterocycles. The summed E-state index contributed by atoms with van der Waals surface area (Å²) in [6.07, 6.45) is -4.58. The smallest absolute Gasteiger partial charge is 0.339 e. The molecule has 1 rings (SSSR count). The Labute approximate surface area is 75.6 Å². The number of halogens is 4. The van der Waals surface area contributed by atoms with Crippen molar-refractivity contribution in [3.63, 3.8) is 0 Å². The normalized spacial score (nSPS) is 38.2. The van der Waals surface area contributed by atoms with Crippen molar-refractivity contribution in [3.05, 3.63) is 0 Å². The fraction of sp³-hybridized carbons (Fsp3) is 1.00. The Morgan fingerprint density at radius 2 is 2.17 bits per heavy atom. The number of rotatable bonds is 0. The zero-order valence-corrected chi connectivity index (χ0v) is 7.58. The van der Waals surface area contributed by atoms with Gasteiger partial charge in [0, 0.05) is 6.54 Å². The Hall–Kier alpha value is 0.150. The van der Waals surface area contributed by atoms with Crippen LogP contribution in [0.25, 0.3) is 0 Å². The molecule has 0 radical (unpaired) electrons. The third-order valence-electron chi connectivity index (χ3n) is 1.50. The maximum atomic E-state index is 12.1. The van der Waals surface area contributed by atoms with Gasteiger partial charge in [0.25, 0.3) is 5.85 Å². The molecule has 7 heteroatoms. The Kier molecular flexibility index (Phi) is 2.67. The molecule has 0 aromatic carbocycles. The van der Waals surface area contributed by atoms with Gasteiger partial charge >= 0.3 is 6.18 Å². The second-order valence-corrected chi connectivity index (χ2v) is 3.82. The number of nitrogens with one attached hydrogen (secondary N) is 1. The van der Waals surface area contributed by atoms with Gasteiger partial charge in [-0.15, -0.1) is 0 Å². The van der Waals surface area contributed by atoms with E-state index in [9.17, 15) is 13.2 Å². The minimum Gasteiger partial charge on any atom is -0.339 e. The number of hydrogen-bond donors (Lipinski definition) is 2. The number of nitrogens with two attached hydrogens (primary N) is 1. The van der Waals surface area contributed by atoms with Crippen molar-refractivity contribution in [2.45, 2.75) is 16.9 Å². The minimum absolute atomic E-state index is 0.0526. The summed E-state index contributed by atoms with van der Waals surface area (Å²) in [6.45, 7) is 0.0824. The molecule has 1 aliphatic heterocycles. The van der Waals surface area contributed by atoms with E-state index < -0.39 is 12.0 Å². The summed E-state index contributed by atoms with van der Waals surface area (Å²) in [6, 6.07) is 0. The maximum absolute atomic E-state index is 12.1. The molecule has 0 saturated carbocycles. The molecule has 3 N–H and O–H groups in total. The van der Waals surface area contributed by atoms with Gasteiger partial charge in [0.15, 0.2) is 0 Å². The monoisotopic (exact) mass is 248 g/mol. The zero-order valence-electron chi connectivity index (χ0n) is 5.99. The molecule has 2 atom stereocenters. The maximum Gasteiger partial charge on any atom is 0.446 e. The molecule has 0 amide bonds. The standard InChI is InChI=1S/C5H8BrF3N2O/c6-3-1-11-5(10,12-2-3)4(7,8)9/h3,11H,1-2,10H2. The van der Waals surface area contributed by atoms with E-state index in [1.807, 2.05) is 0 Å². The molecule has 1 aliphatic rings. The summed E-state index contributed by atoms with van der Waals surface area (Å²) in [5.74, 6) is -2.68. The third kappa shape index (κ3) is 1.90. The van der Waals surface area contributed by atoms with Crippen LogP contribution in [0.2, 0.25) is 0 Å². The topological polar surface area (TPSA) is 47.3 Å². The van der Waals surface area contributed by atoms with Crippen LogP contribution in [0.5, 0.6) is 0 Å². The Morgan fingerprint density at radius 3 is 2.50 bits per heavy atom. The molecule has 12 heavy (non-hydrogen) atoms. The van der Waals surface area contributed by atoms with Gasteiger partial charge < -0.3 is 4.74 Å². The number of alkyl halides is 4. The molecule has 0 spiro atoms. The SMILES string of the molecule is NC1(C(F)(F)F)NCC(Br)CO1. The van der Waals surface area contributed by atoms with Crippen LogP contribution in [0.15, 0.2) is 0 Å². The summed E-state index contributed by atoms with van der Waals surface area (Å²) < 4.78 is 40.8. The zero-order chi connectivity index (χ0) is 9.41. The van der Waals surface area contributed by atoms with Gasteiger partial charge in [-0.1, -0.05) is 15.9 Å². The Balaban J connectivity index is 2.62. The minimum atomic E-state index is -4.58. The first-order chi connectivity index (χ1) is 5.35. The van der Waals surface area contributed by atoms with Crippen molar-refractivity contribution in [2.75, 3.05) is 13.2 Å². The second-order valence-electron chi connectivity index (χ2n) is 2.52. The molecular formula is C5H8BrF3N2O. The average Bonchev–Trinajstić information content (AvgIpc) is 1.93. The van der Waals surface area contributed by atoms with Gasteiger partial charge in [0.2, 0.25) is 0 Å². The molecule has 0 aromatic rings. The highest BCUT2D eigenvalue weighted by atomic mass is 79.9. The van der Waals surface area contributed by atoms with Crippen molar-refractivity contribution in [1.29, 1.82) is 0 Å². The van der Waals surface area contributed by atoms with Crippen LogP contribution in [0.3, 0.4) is 0 Å². The van der Waals surface area contributed by atoms with E-state index in [1.165, 1.54) is 0 Å². The van der Waals surface area contributed by atoms with E-state index in [1.54, 1.807) is 0 Å². The van der Waals surface area contributed by atoms with Crippen molar-refractivity contribution >= 4 is 15.9 Å². The van der Waals surface area contributed by atoms with E-state index >= 15 is 0 Å². The predicted octanol–water partition coefficient (Wildman–Crippen LogP) is 0.544. The molecule has 3 nitrogen and oxygen atoms in total. The number of hydrogen-bond acceptors (Lipinski definition) is 3. The van der Waals surface area contributed by atoms with Crippen LogP contribution >= 0.6 is 15.9 Å². The second kappa shape index (κ2) is 3.13. The molecular weight excluding hydrogens is 241 g/mol. The van der Waals surface area contributed by atoms with Crippen molar-refractivity contribution < 1.29 is 17.9 Å². The van der Waals surface area contributed by atoms with E-state index in [4.69, 9.17) is 5.73 Å². The first-order valence-electron chi connectivity index (χ1n) is 3.24. The van der Waals surface area contributed by atoms with Crippen LogP contribution < -0.4 is 11.1 Å². The van der Waals surface area contributed by atoms with Gasteiger partial charge in [0.1, 0.15) is 0 Å². The van der Waals surface area contributed by atoms with Crippen LogP contribution in [-0.4, -0.2) is 30.0 Å². The lowest BCUT2D eigenvalue weighted by Crippen LogP contribution is -2.69. The molecule has 0 aliphatic carbocycles. The molecule has 1 saturated heterocycles. The highest BCUT2D eigenvalue weighted by molar-refractivity contribution is 9.09. The molecule has 2 unspecified atom stereocenters. The fourth-order valence-corrected chi connectivity index (χ4v) is 1.07. The Bertz CT molecular complexity index is 167.